The van der Waals surface area contributed by atoms with E-state index in [0.717, 1.165) is 5.56 Å². The maximum absolute atomic E-state index is 13.3. The van der Waals surface area contributed by atoms with Gasteiger partial charge in [0, 0.05) is 0 Å². The van der Waals surface area contributed by atoms with E-state index in [1.54, 1.807) is 18.3 Å². The van der Waals surface area contributed by atoms with Gasteiger partial charge in [-0.3, -0.25) is 4.79 Å². The van der Waals surface area contributed by atoms with E-state index in [1.807, 2.05) is 0 Å². The molecule has 1 unspecified atom stereocenters. The minimum Gasteiger partial charge on any atom is -0.468 e. The highest BCUT2D eigenvalue weighted by molar-refractivity contribution is 5.87. The van der Waals surface area contributed by atoms with Gasteiger partial charge in [0.05, 0.1) is 24.7 Å². The molecule has 1 atom stereocenters. The smallest absolute Gasteiger partial charge is 0.327 e. The zero-order valence-electron chi connectivity index (χ0n) is 15.7. The molecule has 1 aromatic carbocycles. The number of anilines is 1. The molecular formula is C19H22FN5O2. The average molecular weight is 371 g/mol. The van der Waals surface area contributed by atoms with Gasteiger partial charge in [0.1, 0.15) is 24.5 Å². The first kappa shape index (κ1) is 18.8. The van der Waals surface area contributed by atoms with Crippen LogP contribution in [0.1, 0.15) is 32.4 Å². The van der Waals surface area contributed by atoms with Gasteiger partial charge in [-0.2, -0.15) is 5.10 Å². The topological polar surface area (TPSA) is 81.9 Å². The van der Waals surface area contributed by atoms with Gasteiger partial charge < -0.3 is 10.1 Å². The summed E-state index contributed by atoms with van der Waals surface area (Å²) in [5.41, 5.74) is 1.30. The van der Waals surface area contributed by atoms with Gasteiger partial charge >= 0.3 is 5.97 Å². The predicted octanol–water partition coefficient (Wildman–Crippen LogP) is 3.34. The van der Waals surface area contributed by atoms with E-state index >= 15 is 0 Å². The maximum atomic E-state index is 13.3. The molecule has 0 aliphatic rings. The fourth-order valence-corrected chi connectivity index (χ4v) is 2.90. The van der Waals surface area contributed by atoms with Crippen LogP contribution in [0.15, 0.2) is 36.8 Å². The number of ether oxygens (including phenoxy) is 1. The number of halogens is 1. The molecule has 0 bridgehead atoms. The Labute approximate surface area is 156 Å². The van der Waals surface area contributed by atoms with Gasteiger partial charge in [-0.25, -0.2) is 19.0 Å². The molecule has 3 rings (SSSR count). The highest BCUT2D eigenvalue weighted by Crippen LogP contribution is 2.36. The summed E-state index contributed by atoms with van der Waals surface area (Å²) >= 11 is 0. The van der Waals surface area contributed by atoms with E-state index in [0.29, 0.717) is 16.9 Å². The van der Waals surface area contributed by atoms with Crippen LogP contribution in [0.2, 0.25) is 0 Å². The summed E-state index contributed by atoms with van der Waals surface area (Å²) in [6, 6.07) is 6.29. The van der Waals surface area contributed by atoms with Crippen molar-refractivity contribution in [3.8, 4) is 0 Å². The molecule has 0 amide bonds. The minimum absolute atomic E-state index is 0.0306. The Morgan fingerprint density at radius 3 is 2.59 bits per heavy atom. The molecule has 0 fully saturated rings. The Morgan fingerprint density at radius 2 is 1.96 bits per heavy atom. The van der Waals surface area contributed by atoms with E-state index in [2.05, 4.69) is 45.9 Å². The van der Waals surface area contributed by atoms with Crippen molar-refractivity contribution in [3.63, 3.8) is 0 Å². The lowest BCUT2D eigenvalue weighted by Crippen LogP contribution is -2.26. The van der Waals surface area contributed by atoms with E-state index in [9.17, 15) is 9.18 Å². The molecule has 0 aliphatic heterocycles. The van der Waals surface area contributed by atoms with Crippen LogP contribution in [-0.4, -0.2) is 32.8 Å². The molecule has 0 saturated carbocycles. The van der Waals surface area contributed by atoms with Crippen LogP contribution in [0.5, 0.6) is 0 Å². The number of carbonyl (C=O) groups is 1. The minimum atomic E-state index is -0.410. The van der Waals surface area contributed by atoms with Crippen molar-refractivity contribution in [1.82, 2.24) is 19.7 Å². The summed E-state index contributed by atoms with van der Waals surface area (Å²) < 4.78 is 19.5. The van der Waals surface area contributed by atoms with Gasteiger partial charge in [-0.05, 0) is 23.1 Å². The number of hydrogen-bond donors (Lipinski definition) is 1. The van der Waals surface area contributed by atoms with Crippen molar-refractivity contribution < 1.29 is 13.9 Å². The molecule has 3 aromatic rings. The van der Waals surface area contributed by atoms with Crippen LogP contribution in [0, 0.1) is 11.2 Å². The first-order chi connectivity index (χ1) is 12.8. The lowest BCUT2D eigenvalue weighted by Gasteiger charge is -2.32. The van der Waals surface area contributed by atoms with Crippen molar-refractivity contribution in [1.29, 1.82) is 0 Å². The fraction of sp³-hybridized carbons (Fsp3) is 0.368. The predicted molar refractivity (Wildman–Crippen MR) is 99.6 cm³/mol. The number of rotatable bonds is 5. The Kier molecular flexibility index (Phi) is 5.07. The van der Waals surface area contributed by atoms with Crippen molar-refractivity contribution in [3.05, 3.63) is 48.2 Å². The molecule has 0 spiro atoms. The molecule has 0 saturated heterocycles. The molecule has 142 valence electrons. The third kappa shape index (κ3) is 4.05. The van der Waals surface area contributed by atoms with Crippen LogP contribution >= 0.6 is 0 Å². The van der Waals surface area contributed by atoms with Crippen LogP contribution in [0.3, 0.4) is 0 Å². The van der Waals surface area contributed by atoms with Gasteiger partial charge in [0.25, 0.3) is 0 Å². The van der Waals surface area contributed by atoms with E-state index in [4.69, 9.17) is 0 Å². The lowest BCUT2D eigenvalue weighted by molar-refractivity contribution is -0.141. The monoisotopic (exact) mass is 371 g/mol. The number of benzene rings is 1. The molecular weight excluding hydrogens is 349 g/mol. The van der Waals surface area contributed by atoms with Gasteiger partial charge in [0.2, 0.25) is 0 Å². The molecule has 27 heavy (non-hydrogen) atoms. The second kappa shape index (κ2) is 7.30. The Balaban J connectivity index is 1.98. The van der Waals surface area contributed by atoms with Gasteiger partial charge in [-0.15, -0.1) is 0 Å². The first-order valence-electron chi connectivity index (χ1n) is 8.55. The van der Waals surface area contributed by atoms with Crippen LogP contribution in [0.25, 0.3) is 11.0 Å². The average Bonchev–Trinajstić information content (AvgIpc) is 3.03. The summed E-state index contributed by atoms with van der Waals surface area (Å²) in [7, 11) is 1.33. The van der Waals surface area contributed by atoms with E-state index < -0.39 is 5.97 Å². The molecule has 1 N–H and O–H groups in total. The quantitative estimate of drug-likeness (QED) is 0.693. The SMILES string of the molecule is COC(=O)Cn1ncc2c(NC(c3ccc(F)cc3)C(C)(C)C)ncnc21. The summed E-state index contributed by atoms with van der Waals surface area (Å²) in [6.07, 6.45) is 3.04. The van der Waals surface area contributed by atoms with Crippen molar-refractivity contribution >= 4 is 22.8 Å². The van der Waals surface area contributed by atoms with E-state index in [1.165, 1.54) is 30.3 Å². The molecule has 0 radical (unpaired) electrons. The third-order valence-electron chi connectivity index (χ3n) is 4.29. The number of aromatic nitrogens is 4. The standard InChI is InChI=1S/C19H22FN5O2/c1-19(2,3)16(12-5-7-13(20)8-6-12)24-17-14-9-23-25(10-15(26)27-4)18(14)22-11-21-17/h5-9,11,16H,10H2,1-4H3,(H,21,22,24). The van der Waals surface area contributed by atoms with Gasteiger partial charge in [-0.1, -0.05) is 32.9 Å². The van der Waals surface area contributed by atoms with Crippen LogP contribution < -0.4 is 5.32 Å². The Bertz CT molecular complexity index is 947. The van der Waals surface area contributed by atoms with Crippen LogP contribution in [0.4, 0.5) is 10.2 Å². The van der Waals surface area contributed by atoms with Crippen molar-refractivity contribution in [2.75, 3.05) is 12.4 Å². The number of methoxy groups -OCH3 is 1. The summed E-state index contributed by atoms with van der Waals surface area (Å²) in [6.45, 7) is 6.24. The van der Waals surface area contributed by atoms with Crippen LogP contribution in [-0.2, 0) is 16.1 Å². The molecule has 0 aliphatic carbocycles. The molecule has 2 aromatic heterocycles. The van der Waals surface area contributed by atoms with Crippen molar-refractivity contribution in [2.24, 2.45) is 5.41 Å². The number of fused-ring (bicyclic) bond motifs is 1. The zero-order valence-corrected chi connectivity index (χ0v) is 15.7. The summed E-state index contributed by atoms with van der Waals surface area (Å²) in [5.74, 6) is -0.0905. The number of carbonyl (C=O) groups excluding carboxylic acids is 1. The Morgan fingerprint density at radius 1 is 1.26 bits per heavy atom. The summed E-state index contributed by atoms with van der Waals surface area (Å²) in [4.78, 5) is 20.1. The molecule has 2 heterocycles. The number of hydrogen-bond acceptors (Lipinski definition) is 6. The number of esters is 1. The van der Waals surface area contributed by atoms with Gasteiger partial charge in [0.15, 0.2) is 5.65 Å². The lowest BCUT2D eigenvalue weighted by atomic mass is 9.82. The Hall–Kier alpha value is -3.03. The molecule has 7 nitrogen and oxygen atoms in total. The summed E-state index contributed by atoms with van der Waals surface area (Å²) in [5, 5.41) is 8.35. The highest BCUT2D eigenvalue weighted by atomic mass is 19.1. The number of nitrogens with zero attached hydrogens (tertiary/aromatic N) is 4. The third-order valence-corrected chi connectivity index (χ3v) is 4.29. The zero-order chi connectivity index (χ0) is 19.6. The largest absolute Gasteiger partial charge is 0.468 e. The fourth-order valence-electron chi connectivity index (χ4n) is 2.90. The number of nitrogens with one attached hydrogen (secondary N) is 1. The normalized spacial score (nSPS) is 12.8. The van der Waals surface area contributed by atoms with E-state index in [-0.39, 0.29) is 23.8 Å². The highest BCUT2D eigenvalue weighted by Gasteiger charge is 2.27. The second-order valence-corrected chi connectivity index (χ2v) is 7.33. The maximum Gasteiger partial charge on any atom is 0.327 e. The van der Waals surface area contributed by atoms with Crippen molar-refractivity contribution in [2.45, 2.75) is 33.4 Å². The second-order valence-electron chi connectivity index (χ2n) is 7.33. The molecule has 8 heteroatoms. The first-order valence-corrected chi connectivity index (χ1v) is 8.55.